The molecule has 0 N–H and O–H groups in total. The first-order valence-corrected chi connectivity index (χ1v) is 8.70. The van der Waals surface area contributed by atoms with Gasteiger partial charge >= 0.3 is 5.97 Å². The second-order valence-electron chi connectivity index (χ2n) is 6.81. The molecule has 0 aliphatic heterocycles. The summed E-state index contributed by atoms with van der Waals surface area (Å²) in [4.78, 5) is 24.6. The predicted molar refractivity (Wildman–Crippen MR) is 99.1 cm³/mol. The zero-order chi connectivity index (χ0) is 19.3. The van der Waals surface area contributed by atoms with Crippen molar-refractivity contribution in [2.45, 2.75) is 40.7 Å². The lowest BCUT2D eigenvalue weighted by atomic mass is 10.1. The molecule has 0 bridgehead atoms. The Labute approximate surface area is 154 Å². The summed E-state index contributed by atoms with van der Waals surface area (Å²) in [6.07, 6.45) is 1.04. The van der Waals surface area contributed by atoms with Gasteiger partial charge in [0.2, 0.25) is 5.78 Å². The SMILES string of the molecule is Cc1cc(C(=O)COC(=O)c2cccc(C#N)c2)c(C)n1CCC(C)C. The van der Waals surface area contributed by atoms with Crippen LogP contribution in [0.4, 0.5) is 0 Å². The first-order valence-electron chi connectivity index (χ1n) is 8.70. The minimum Gasteiger partial charge on any atom is -0.454 e. The van der Waals surface area contributed by atoms with E-state index in [1.54, 1.807) is 18.2 Å². The molecule has 136 valence electrons. The van der Waals surface area contributed by atoms with E-state index in [4.69, 9.17) is 10.00 Å². The van der Waals surface area contributed by atoms with E-state index in [0.717, 1.165) is 24.4 Å². The van der Waals surface area contributed by atoms with Gasteiger partial charge in [0.15, 0.2) is 6.61 Å². The van der Waals surface area contributed by atoms with Gasteiger partial charge in [-0.2, -0.15) is 5.26 Å². The van der Waals surface area contributed by atoms with E-state index in [0.29, 0.717) is 17.0 Å². The summed E-state index contributed by atoms with van der Waals surface area (Å²) in [6.45, 7) is 8.78. The number of hydrogen-bond donors (Lipinski definition) is 0. The number of carbonyl (C=O) groups excluding carboxylic acids is 2. The standard InChI is InChI=1S/C21H24N2O3/c1-14(2)8-9-23-15(3)10-19(16(23)4)20(24)13-26-21(25)18-7-5-6-17(11-18)12-22/h5-7,10-11,14H,8-9,13H2,1-4H3. The topological polar surface area (TPSA) is 72.1 Å². The van der Waals surface area contributed by atoms with Gasteiger partial charge in [-0.15, -0.1) is 0 Å². The number of benzene rings is 1. The van der Waals surface area contributed by atoms with Gasteiger partial charge in [0.25, 0.3) is 0 Å². The lowest BCUT2D eigenvalue weighted by Crippen LogP contribution is -2.15. The summed E-state index contributed by atoms with van der Waals surface area (Å²) >= 11 is 0. The van der Waals surface area contributed by atoms with E-state index in [9.17, 15) is 9.59 Å². The van der Waals surface area contributed by atoms with E-state index >= 15 is 0 Å². The molecule has 0 saturated heterocycles. The van der Waals surface area contributed by atoms with Crippen molar-refractivity contribution in [2.24, 2.45) is 5.92 Å². The minimum atomic E-state index is -0.607. The molecule has 1 aromatic carbocycles. The number of esters is 1. The Balaban J connectivity index is 2.05. The van der Waals surface area contributed by atoms with Gasteiger partial charge in [0, 0.05) is 23.5 Å². The van der Waals surface area contributed by atoms with Crippen LogP contribution < -0.4 is 0 Å². The van der Waals surface area contributed by atoms with Gasteiger partial charge in [-0.1, -0.05) is 19.9 Å². The van der Waals surface area contributed by atoms with Crippen LogP contribution in [-0.4, -0.2) is 22.9 Å². The Morgan fingerprint density at radius 1 is 1.23 bits per heavy atom. The number of aryl methyl sites for hydroxylation is 1. The highest BCUT2D eigenvalue weighted by atomic mass is 16.5. The van der Waals surface area contributed by atoms with Crippen molar-refractivity contribution in [3.8, 4) is 6.07 Å². The monoisotopic (exact) mass is 352 g/mol. The third-order valence-electron chi connectivity index (χ3n) is 4.37. The first-order chi connectivity index (χ1) is 12.3. The molecule has 0 aliphatic carbocycles. The summed E-state index contributed by atoms with van der Waals surface area (Å²) in [5, 5.41) is 8.89. The summed E-state index contributed by atoms with van der Waals surface area (Å²) < 4.78 is 7.27. The fourth-order valence-electron chi connectivity index (χ4n) is 2.82. The molecule has 0 radical (unpaired) electrons. The van der Waals surface area contributed by atoms with E-state index in [2.05, 4.69) is 18.4 Å². The van der Waals surface area contributed by atoms with Crippen LogP contribution in [0, 0.1) is 31.1 Å². The first kappa shape index (κ1) is 19.5. The Hall–Kier alpha value is -2.87. The molecule has 2 rings (SSSR count). The maximum Gasteiger partial charge on any atom is 0.338 e. The molecule has 5 heteroatoms. The molecule has 2 aromatic rings. The number of nitriles is 1. The van der Waals surface area contributed by atoms with Crippen LogP contribution in [0.5, 0.6) is 0 Å². The quantitative estimate of drug-likeness (QED) is 0.556. The van der Waals surface area contributed by atoms with E-state index in [-0.39, 0.29) is 18.0 Å². The second-order valence-corrected chi connectivity index (χ2v) is 6.81. The Bertz CT molecular complexity index is 857. The number of ether oxygens (including phenoxy) is 1. The van der Waals surface area contributed by atoms with Crippen LogP contribution in [0.3, 0.4) is 0 Å². The lowest BCUT2D eigenvalue weighted by Gasteiger charge is -2.11. The normalized spacial score (nSPS) is 10.6. The maximum atomic E-state index is 12.5. The average Bonchev–Trinajstić information content (AvgIpc) is 2.91. The van der Waals surface area contributed by atoms with Crippen LogP contribution in [0.15, 0.2) is 30.3 Å². The zero-order valence-electron chi connectivity index (χ0n) is 15.7. The number of Topliss-reactive ketones (excluding diaryl/α,β-unsaturated/α-hetero) is 1. The molecule has 0 saturated carbocycles. The van der Waals surface area contributed by atoms with Gasteiger partial charge in [-0.3, -0.25) is 4.79 Å². The molecule has 1 heterocycles. The number of nitrogens with zero attached hydrogens (tertiary/aromatic N) is 2. The van der Waals surface area contributed by atoms with E-state index in [1.807, 2.05) is 26.0 Å². The highest BCUT2D eigenvalue weighted by molar-refractivity contribution is 6.00. The number of ketones is 1. The Morgan fingerprint density at radius 3 is 2.62 bits per heavy atom. The molecular weight excluding hydrogens is 328 g/mol. The maximum absolute atomic E-state index is 12.5. The van der Waals surface area contributed by atoms with Gasteiger partial charge < -0.3 is 9.30 Å². The van der Waals surface area contributed by atoms with Crippen LogP contribution >= 0.6 is 0 Å². The third kappa shape index (κ3) is 4.60. The van der Waals surface area contributed by atoms with Crippen LogP contribution in [0.25, 0.3) is 0 Å². The summed E-state index contributed by atoms with van der Waals surface area (Å²) in [5.74, 6) is -0.247. The molecule has 0 atom stereocenters. The molecular formula is C21H24N2O3. The van der Waals surface area contributed by atoms with Crippen molar-refractivity contribution in [2.75, 3.05) is 6.61 Å². The van der Waals surface area contributed by atoms with Crippen molar-refractivity contribution >= 4 is 11.8 Å². The van der Waals surface area contributed by atoms with E-state index < -0.39 is 5.97 Å². The Kier molecular flexibility index (Phi) is 6.35. The number of rotatable bonds is 7. The minimum absolute atomic E-state index is 0.223. The smallest absolute Gasteiger partial charge is 0.338 e. The molecule has 0 amide bonds. The van der Waals surface area contributed by atoms with Gasteiger partial charge in [0.05, 0.1) is 17.2 Å². The van der Waals surface area contributed by atoms with E-state index in [1.165, 1.54) is 6.07 Å². The third-order valence-corrected chi connectivity index (χ3v) is 4.37. The second kappa shape index (κ2) is 8.48. The summed E-state index contributed by atoms with van der Waals surface area (Å²) in [6, 6.07) is 10.0. The fourth-order valence-corrected chi connectivity index (χ4v) is 2.82. The van der Waals surface area contributed by atoms with Crippen molar-refractivity contribution in [1.82, 2.24) is 4.57 Å². The molecule has 1 aromatic heterocycles. The van der Waals surface area contributed by atoms with Crippen molar-refractivity contribution in [1.29, 1.82) is 5.26 Å². The van der Waals surface area contributed by atoms with Crippen molar-refractivity contribution in [3.63, 3.8) is 0 Å². The van der Waals surface area contributed by atoms with Crippen molar-refractivity contribution in [3.05, 3.63) is 58.4 Å². The molecule has 5 nitrogen and oxygen atoms in total. The molecule has 0 spiro atoms. The van der Waals surface area contributed by atoms with Gasteiger partial charge in [-0.25, -0.2) is 4.79 Å². The summed E-state index contributed by atoms with van der Waals surface area (Å²) in [7, 11) is 0. The largest absolute Gasteiger partial charge is 0.454 e. The number of hydrogen-bond acceptors (Lipinski definition) is 4. The summed E-state index contributed by atoms with van der Waals surface area (Å²) in [5.41, 5.74) is 3.15. The van der Waals surface area contributed by atoms with Crippen LogP contribution in [0.2, 0.25) is 0 Å². The fraction of sp³-hybridized carbons (Fsp3) is 0.381. The Morgan fingerprint density at radius 2 is 1.96 bits per heavy atom. The number of carbonyl (C=O) groups is 2. The zero-order valence-corrected chi connectivity index (χ0v) is 15.7. The van der Waals surface area contributed by atoms with Crippen LogP contribution in [-0.2, 0) is 11.3 Å². The van der Waals surface area contributed by atoms with Gasteiger partial charge in [0.1, 0.15) is 0 Å². The van der Waals surface area contributed by atoms with Crippen LogP contribution in [0.1, 0.15) is 57.9 Å². The number of aromatic nitrogens is 1. The molecule has 0 fully saturated rings. The predicted octanol–water partition coefficient (Wildman–Crippen LogP) is 4.06. The lowest BCUT2D eigenvalue weighted by molar-refractivity contribution is 0.0474. The molecule has 0 unspecified atom stereocenters. The molecule has 26 heavy (non-hydrogen) atoms. The average molecular weight is 352 g/mol. The van der Waals surface area contributed by atoms with Gasteiger partial charge in [-0.05, 0) is 50.5 Å². The molecule has 0 aliphatic rings. The van der Waals surface area contributed by atoms with Crippen molar-refractivity contribution < 1.29 is 14.3 Å². The highest BCUT2D eigenvalue weighted by Gasteiger charge is 2.18. The highest BCUT2D eigenvalue weighted by Crippen LogP contribution is 2.18.